The molecular formula is C31H38N4O4. The SMILES string of the molecule is CCCCN1CCC(NC(=O)c2cc3ccccc3cc2NC(=O)Nc2c(C)cc(C)cc2C)(C(=O)O)CC1. The fraction of sp³-hybridized carbons (Fsp3) is 0.387. The fourth-order valence-corrected chi connectivity index (χ4v) is 5.39. The highest BCUT2D eigenvalue weighted by Gasteiger charge is 2.43. The molecule has 1 aliphatic heterocycles. The quantitative estimate of drug-likeness (QED) is 0.292. The van der Waals surface area contributed by atoms with E-state index in [1.807, 2.05) is 57.2 Å². The highest BCUT2D eigenvalue weighted by Crippen LogP contribution is 2.29. The average Bonchev–Trinajstić information content (AvgIpc) is 2.89. The normalized spacial score (nSPS) is 15.1. The van der Waals surface area contributed by atoms with E-state index in [2.05, 4.69) is 27.8 Å². The lowest BCUT2D eigenvalue weighted by molar-refractivity contribution is -0.146. The van der Waals surface area contributed by atoms with Gasteiger partial charge in [0.1, 0.15) is 5.54 Å². The molecule has 0 aromatic heterocycles. The van der Waals surface area contributed by atoms with E-state index in [4.69, 9.17) is 0 Å². The van der Waals surface area contributed by atoms with Gasteiger partial charge in [-0.25, -0.2) is 9.59 Å². The van der Waals surface area contributed by atoms with Crippen molar-refractivity contribution in [3.05, 3.63) is 70.8 Å². The molecule has 0 bridgehead atoms. The number of amides is 3. The number of nitrogens with one attached hydrogen (secondary N) is 3. The molecule has 3 aromatic rings. The maximum Gasteiger partial charge on any atom is 0.329 e. The van der Waals surface area contributed by atoms with Gasteiger partial charge in [-0.2, -0.15) is 0 Å². The zero-order chi connectivity index (χ0) is 28.2. The molecule has 0 unspecified atom stereocenters. The van der Waals surface area contributed by atoms with Crippen molar-refractivity contribution in [2.45, 2.75) is 58.9 Å². The summed E-state index contributed by atoms with van der Waals surface area (Å²) in [5.74, 6) is -1.56. The number of anilines is 2. The van der Waals surface area contributed by atoms with Crippen LogP contribution in [0.15, 0.2) is 48.5 Å². The first-order valence-electron chi connectivity index (χ1n) is 13.6. The third kappa shape index (κ3) is 6.40. The Morgan fingerprint density at radius 3 is 2.13 bits per heavy atom. The molecule has 206 valence electrons. The highest BCUT2D eigenvalue weighted by molar-refractivity contribution is 6.10. The van der Waals surface area contributed by atoms with Gasteiger partial charge in [-0.3, -0.25) is 4.79 Å². The summed E-state index contributed by atoms with van der Waals surface area (Å²) in [6, 6.07) is 14.5. The zero-order valence-corrected chi connectivity index (χ0v) is 23.2. The number of unbranched alkanes of at least 4 members (excludes halogenated alkanes) is 1. The monoisotopic (exact) mass is 530 g/mol. The summed E-state index contributed by atoms with van der Waals surface area (Å²) in [6.45, 7) is 10.1. The summed E-state index contributed by atoms with van der Waals surface area (Å²) in [4.78, 5) is 41.4. The molecule has 3 aromatic carbocycles. The van der Waals surface area contributed by atoms with Crippen LogP contribution in [0.1, 0.15) is 59.7 Å². The number of hydrogen-bond acceptors (Lipinski definition) is 4. The molecule has 1 heterocycles. The molecule has 3 amide bonds. The zero-order valence-electron chi connectivity index (χ0n) is 23.2. The Kier molecular flexibility index (Phi) is 8.55. The predicted molar refractivity (Wildman–Crippen MR) is 156 cm³/mol. The van der Waals surface area contributed by atoms with Gasteiger partial charge in [-0.05, 0) is 80.6 Å². The van der Waals surface area contributed by atoms with Crippen molar-refractivity contribution in [3.63, 3.8) is 0 Å². The Labute approximate surface area is 229 Å². The van der Waals surface area contributed by atoms with Crippen LogP contribution in [0.3, 0.4) is 0 Å². The predicted octanol–water partition coefficient (Wildman–Crippen LogP) is 5.86. The molecule has 8 heteroatoms. The number of aryl methyl sites for hydroxylation is 3. The molecule has 1 fully saturated rings. The molecular weight excluding hydrogens is 492 g/mol. The van der Waals surface area contributed by atoms with Gasteiger partial charge in [0.25, 0.3) is 5.91 Å². The van der Waals surface area contributed by atoms with Crippen molar-refractivity contribution >= 4 is 40.1 Å². The van der Waals surface area contributed by atoms with Crippen LogP contribution >= 0.6 is 0 Å². The van der Waals surface area contributed by atoms with Gasteiger partial charge in [-0.15, -0.1) is 0 Å². The lowest BCUT2D eigenvalue weighted by Crippen LogP contribution is -2.60. The van der Waals surface area contributed by atoms with Crippen LogP contribution in [0.4, 0.5) is 16.2 Å². The minimum absolute atomic E-state index is 0.218. The number of carbonyl (C=O) groups is 3. The molecule has 0 aliphatic carbocycles. The van der Waals surface area contributed by atoms with Crippen molar-refractivity contribution < 1.29 is 19.5 Å². The number of aliphatic carboxylic acids is 1. The highest BCUT2D eigenvalue weighted by atomic mass is 16.4. The van der Waals surface area contributed by atoms with E-state index >= 15 is 0 Å². The van der Waals surface area contributed by atoms with E-state index in [1.54, 1.807) is 12.1 Å². The van der Waals surface area contributed by atoms with Crippen LogP contribution in [0.25, 0.3) is 10.8 Å². The van der Waals surface area contributed by atoms with Crippen molar-refractivity contribution in [2.75, 3.05) is 30.3 Å². The summed E-state index contributed by atoms with van der Waals surface area (Å²) in [5.41, 5.74) is 2.86. The second kappa shape index (κ2) is 11.9. The summed E-state index contributed by atoms with van der Waals surface area (Å²) < 4.78 is 0. The summed E-state index contributed by atoms with van der Waals surface area (Å²) in [7, 11) is 0. The molecule has 0 atom stereocenters. The molecule has 0 radical (unpaired) electrons. The third-order valence-corrected chi connectivity index (χ3v) is 7.59. The lowest BCUT2D eigenvalue weighted by atomic mass is 9.86. The fourth-order valence-electron chi connectivity index (χ4n) is 5.39. The van der Waals surface area contributed by atoms with Crippen LogP contribution in [-0.2, 0) is 4.79 Å². The number of urea groups is 1. The third-order valence-electron chi connectivity index (χ3n) is 7.59. The maximum atomic E-state index is 13.7. The number of piperidine rings is 1. The van der Waals surface area contributed by atoms with Gasteiger partial charge >= 0.3 is 12.0 Å². The van der Waals surface area contributed by atoms with Crippen LogP contribution in [0, 0.1) is 20.8 Å². The number of carboxylic acid groups (broad SMARTS) is 1. The molecule has 4 N–H and O–H groups in total. The Bertz CT molecular complexity index is 1370. The van der Waals surface area contributed by atoms with E-state index < -0.39 is 23.4 Å². The largest absolute Gasteiger partial charge is 0.480 e. The molecule has 8 nitrogen and oxygen atoms in total. The molecule has 1 saturated heterocycles. The molecule has 39 heavy (non-hydrogen) atoms. The van der Waals surface area contributed by atoms with E-state index in [0.29, 0.717) is 37.3 Å². The summed E-state index contributed by atoms with van der Waals surface area (Å²) in [5, 5.41) is 20.4. The average molecular weight is 531 g/mol. The summed E-state index contributed by atoms with van der Waals surface area (Å²) >= 11 is 0. The number of likely N-dealkylation sites (tertiary alicyclic amines) is 1. The molecule has 0 saturated carbocycles. The van der Waals surface area contributed by atoms with E-state index in [1.165, 1.54) is 0 Å². The van der Waals surface area contributed by atoms with Crippen LogP contribution in [-0.4, -0.2) is 53.1 Å². The van der Waals surface area contributed by atoms with Crippen LogP contribution < -0.4 is 16.0 Å². The van der Waals surface area contributed by atoms with Crippen molar-refractivity contribution in [1.82, 2.24) is 10.2 Å². The second-order valence-electron chi connectivity index (χ2n) is 10.6. The number of carboxylic acids is 1. The van der Waals surface area contributed by atoms with Gasteiger partial charge < -0.3 is 26.0 Å². The van der Waals surface area contributed by atoms with Crippen LogP contribution in [0.5, 0.6) is 0 Å². The van der Waals surface area contributed by atoms with Gasteiger partial charge in [0.05, 0.1) is 11.3 Å². The van der Waals surface area contributed by atoms with Crippen molar-refractivity contribution in [2.24, 2.45) is 0 Å². The topological polar surface area (TPSA) is 111 Å². The molecule has 4 rings (SSSR count). The smallest absolute Gasteiger partial charge is 0.329 e. The number of carbonyl (C=O) groups excluding carboxylic acids is 2. The minimum Gasteiger partial charge on any atom is -0.480 e. The van der Waals surface area contributed by atoms with Crippen molar-refractivity contribution in [1.29, 1.82) is 0 Å². The van der Waals surface area contributed by atoms with Gasteiger partial charge in [0.15, 0.2) is 0 Å². The van der Waals surface area contributed by atoms with Gasteiger partial charge in [-0.1, -0.05) is 55.3 Å². The Hall–Kier alpha value is -3.91. The van der Waals surface area contributed by atoms with Crippen LogP contribution in [0.2, 0.25) is 0 Å². The number of hydrogen-bond donors (Lipinski definition) is 4. The van der Waals surface area contributed by atoms with Crippen molar-refractivity contribution in [3.8, 4) is 0 Å². The second-order valence-corrected chi connectivity index (χ2v) is 10.6. The van der Waals surface area contributed by atoms with E-state index in [-0.39, 0.29) is 5.56 Å². The molecule has 1 aliphatic rings. The number of fused-ring (bicyclic) bond motifs is 1. The van der Waals surface area contributed by atoms with Gasteiger partial charge in [0.2, 0.25) is 0 Å². The number of rotatable bonds is 8. The first-order chi connectivity index (χ1) is 18.6. The first kappa shape index (κ1) is 28.1. The number of nitrogens with zero attached hydrogens (tertiary/aromatic N) is 1. The standard InChI is InChI=1S/C31H38N4O4/c1-5-6-13-35-14-11-31(12-15-35,29(37)38)34-28(36)25-18-23-9-7-8-10-24(23)19-26(25)32-30(39)33-27-21(3)16-20(2)17-22(27)4/h7-10,16-19H,5-6,11-15H2,1-4H3,(H,34,36)(H,37,38)(H2,32,33,39). The minimum atomic E-state index is -1.36. The molecule has 0 spiro atoms. The summed E-state index contributed by atoms with van der Waals surface area (Å²) in [6.07, 6.45) is 2.77. The van der Waals surface area contributed by atoms with Gasteiger partial charge in [0, 0.05) is 18.8 Å². The maximum absolute atomic E-state index is 13.7. The first-order valence-corrected chi connectivity index (χ1v) is 13.6. The number of benzene rings is 3. The Balaban J connectivity index is 1.60. The Morgan fingerprint density at radius 1 is 0.923 bits per heavy atom. The van der Waals surface area contributed by atoms with E-state index in [0.717, 1.165) is 46.8 Å². The van der Waals surface area contributed by atoms with E-state index in [9.17, 15) is 19.5 Å². The Morgan fingerprint density at radius 2 is 1.54 bits per heavy atom. The lowest BCUT2D eigenvalue weighted by Gasteiger charge is -2.39.